The van der Waals surface area contributed by atoms with E-state index in [1.165, 1.54) is 12.8 Å². The first kappa shape index (κ1) is 14.7. The van der Waals surface area contributed by atoms with Crippen LogP contribution in [0.5, 0.6) is 11.5 Å². The number of alkyl halides is 1. The van der Waals surface area contributed by atoms with Crippen molar-refractivity contribution in [1.82, 2.24) is 0 Å². The highest BCUT2D eigenvalue weighted by Gasteiger charge is 2.14. The zero-order valence-corrected chi connectivity index (χ0v) is 12.9. The van der Waals surface area contributed by atoms with Crippen LogP contribution >= 0.6 is 15.9 Å². The minimum absolute atomic E-state index is 0.454. The predicted molar refractivity (Wildman–Crippen MR) is 79.3 cm³/mol. The van der Waals surface area contributed by atoms with E-state index in [-0.39, 0.29) is 0 Å². The molecule has 1 unspecified atom stereocenters. The van der Waals surface area contributed by atoms with Crippen LogP contribution in [0.2, 0.25) is 0 Å². The fourth-order valence-electron chi connectivity index (χ4n) is 2.29. The molecule has 1 atom stereocenters. The van der Waals surface area contributed by atoms with Gasteiger partial charge in [0, 0.05) is 17.5 Å². The third-order valence-corrected chi connectivity index (χ3v) is 3.97. The minimum atomic E-state index is 0.454. The van der Waals surface area contributed by atoms with Crippen LogP contribution in [0.3, 0.4) is 0 Å². The molecule has 0 bridgehead atoms. The van der Waals surface area contributed by atoms with E-state index in [4.69, 9.17) is 14.2 Å². The molecule has 0 aromatic heterocycles. The van der Waals surface area contributed by atoms with Crippen molar-refractivity contribution in [1.29, 1.82) is 0 Å². The van der Waals surface area contributed by atoms with E-state index in [1.54, 1.807) is 7.11 Å². The molecule has 19 heavy (non-hydrogen) atoms. The molecule has 1 saturated heterocycles. The number of ether oxygens (including phenoxy) is 3. The summed E-state index contributed by atoms with van der Waals surface area (Å²) in [5.41, 5.74) is 1.12. The maximum Gasteiger partial charge on any atom is 0.123 e. The quantitative estimate of drug-likeness (QED) is 0.560. The van der Waals surface area contributed by atoms with Crippen molar-refractivity contribution in [3.8, 4) is 11.5 Å². The Morgan fingerprint density at radius 1 is 1.42 bits per heavy atom. The van der Waals surface area contributed by atoms with Crippen LogP contribution in [-0.4, -0.2) is 26.4 Å². The molecule has 1 heterocycles. The van der Waals surface area contributed by atoms with Crippen molar-refractivity contribution in [2.45, 2.75) is 37.1 Å². The van der Waals surface area contributed by atoms with Crippen LogP contribution in [0, 0.1) is 0 Å². The monoisotopic (exact) mass is 328 g/mol. The first-order valence-corrected chi connectivity index (χ1v) is 7.93. The van der Waals surface area contributed by atoms with Gasteiger partial charge in [-0.05, 0) is 43.9 Å². The van der Waals surface area contributed by atoms with Crippen molar-refractivity contribution in [3.05, 3.63) is 23.8 Å². The molecule has 0 N–H and O–H groups in total. The molecule has 2 rings (SSSR count). The van der Waals surface area contributed by atoms with Crippen LogP contribution in [-0.2, 0) is 10.1 Å². The van der Waals surface area contributed by atoms with E-state index >= 15 is 0 Å². The summed E-state index contributed by atoms with van der Waals surface area (Å²) in [5.74, 6) is 1.80. The number of hydrogen-bond donors (Lipinski definition) is 0. The first-order valence-electron chi connectivity index (χ1n) is 6.80. The van der Waals surface area contributed by atoms with Gasteiger partial charge in [-0.15, -0.1) is 0 Å². The highest BCUT2D eigenvalue weighted by atomic mass is 79.9. The molecule has 0 aliphatic carbocycles. The van der Waals surface area contributed by atoms with Gasteiger partial charge in [-0.25, -0.2) is 0 Å². The smallest absolute Gasteiger partial charge is 0.123 e. The van der Waals surface area contributed by atoms with Crippen molar-refractivity contribution in [2.75, 3.05) is 20.3 Å². The standard InChI is InChI=1S/C15H21BrO3/c1-17-14-6-7-15(12(10-14)11-16)19-9-3-5-13-4-2-8-18-13/h6-7,10,13H,2-5,8-9,11H2,1H3. The molecular formula is C15H21BrO3. The van der Waals surface area contributed by atoms with Gasteiger partial charge in [0.1, 0.15) is 11.5 Å². The van der Waals surface area contributed by atoms with Crippen LogP contribution < -0.4 is 9.47 Å². The fraction of sp³-hybridized carbons (Fsp3) is 0.600. The molecule has 1 aliphatic rings. The molecule has 0 radical (unpaired) electrons. The summed E-state index contributed by atoms with van der Waals surface area (Å²) < 4.78 is 16.7. The molecule has 1 aromatic rings. The maximum absolute atomic E-state index is 5.85. The van der Waals surface area contributed by atoms with Crippen LogP contribution in [0.1, 0.15) is 31.2 Å². The average molecular weight is 329 g/mol. The van der Waals surface area contributed by atoms with Gasteiger partial charge in [0.25, 0.3) is 0 Å². The second-order valence-electron chi connectivity index (χ2n) is 4.73. The third kappa shape index (κ3) is 4.39. The third-order valence-electron chi connectivity index (χ3n) is 3.36. The Bertz CT molecular complexity index is 389. The largest absolute Gasteiger partial charge is 0.497 e. The summed E-state index contributed by atoms with van der Waals surface area (Å²) in [6, 6.07) is 5.91. The Balaban J connectivity index is 1.78. The highest BCUT2D eigenvalue weighted by molar-refractivity contribution is 9.08. The molecule has 0 spiro atoms. The topological polar surface area (TPSA) is 27.7 Å². The predicted octanol–water partition coefficient (Wildman–Crippen LogP) is 3.93. The zero-order valence-electron chi connectivity index (χ0n) is 11.4. The molecule has 4 heteroatoms. The normalized spacial score (nSPS) is 18.5. The summed E-state index contributed by atoms with van der Waals surface area (Å²) in [5, 5.41) is 0.769. The lowest BCUT2D eigenvalue weighted by Crippen LogP contribution is -2.08. The second-order valence-corrected chi connectivity index (χ2v) is 5.29. The summed E-state index contributed by atoms with van der Waals surface area (Å²) in [7, 11) is 1.68. The second kappa shape index (κ2) is 7.75. The van der Waals surface area contributed by atoms with Gasteiger partial charge < -0.3 is 14.2 Å². The van der Waals surface area contributed by atoms with E-state index in [2.05, 4.69) is 15.9 Å². The number of hydrogen-bond acceptors (Lipinski definition) is 3. The van der Waals surface area contributed by atoms with Crippen molar-refractivity contribution >= 4 is 15.9 Å². The summed E-state index contributed by atoms with van der Waals surface area (Å²) in [4.78, 5) is 0. The average Bonchev–Trinajstić information content (AvgIpc) is 2.96. The Hall–Kier alpha value is -0.740. The Morgan fingerprint density at radius 3 is 3.00 bits per heavy atom. The van der Waals surface area contributed by atoms with Crippen LogP contribution in [0.25, 0.3) is 0 Å². The van der Waals surface area contributed by atoms with Crippen LogP contribution in [0.15, 0.2) is 18.2 Å². The van der Waals surface area contributed by atoms with Crippen molar-refractivity contribution in [2.24, 2.45) is 0 Å². The lowest BCUT2D eigenvalue weighted by molar-refractivity contribution is 0.0981. The number of halogens is 1. The van der Waals surface area contributed by atoms with E-state index in [9.17, 15) is 0 Å². The van der Waals surface area contributed by atoms with Gasteiger partial charge in [0.05, 0.1) is 19.8 Å². The molecule has 1 aliphatic heterocycles. The molecule has 3 nitrogen and oxygen atoms in total. The van der Waals surface area contributed by atoms with Crippen molar-refractivity contribution < 1.29 is 14.2 Å². The highest BCUT2D eigenvalue weighted by Crippen LogP contribution is 2.26. The SMILES string of the molecule is COc1ccc(OCCCC2CCCO2)c(CBr)c1. The number of benzene rings is 1. The van der Waals surface area contributed by atoms with E-state index in [1.807, 2.05) is 18.2 Å². The van der Waals surface area contributed by atoms with Gasteiger partial charge in [-0.1, -0.05) is 15.9 Å². The molecule has 0 amide bonds. The summed E-state index contributed by atoms with van der Waals surface area (Å²) >= 11 is 3.48. The van der Waals surface area contributed by atoms with Gasteiger partial charge in [-0.2, -0.15) is 0 Å². The Morgan fingerprint density at radius 2 is 2.32 bits per heavy atom. The lowest BCUT2D eigenvalue weighted by Gasteiger charge is -2.13. The zero-order chi connectivity index (χ0) is 13.5. The Labute approximate surface area is 123 Å². The molecule has 1 fully saturated rings. The van der Waals surface area contributed by atoms with E-state index in [0.29, 0.717) is 6.10 Å². The number of methoxy groups -OCH3 is 1. The van der Waals surface area contributed by atoms with Crippen LogP contribution in [0.4, 0.5) is 0 Å². The van der Waals surface area contributed by atoms with Crippen molar-refractivity contribution in [3.63, 3.8) is 0 Å². The van der Waals surface area contributed by atoms with E-state index in [0.717, 1.165) is 48.4 Å². The lowest BCUT2D eigenvalue weighted by atomic mass is 10.1. The molecule has 106 valence electrons. The van der Waals surface area contributed by atoms with Gasteiger partial charge in [0.2, 0.25) is 0 Å². The molecule has 1 aromatic carbocycles. The van der Waals surface area contributed by atoms with Gasteiger partial charge in [-0.3, -0.25) is 0 Å². The molecular weight excluding hydrogens is 308 g/mol. The van der Waals surface area contributed by atoms with Gasteiger partial charge >= 0.3 is 0 Å². The Kier molecular flexibility index (Phi) is 5.98. The molecule has 0 saturated carbocycles. The fourth-order valence-corrected chi connectivity index (χ4v) is 2.73. The first-order chi connectivity index (χ1) is 9.33. The summed E-state index contributed by atoms with van der Waals surface area (Å²) in [6.07, 6.45) is 5.00. The van der Waals surface area contributed by atoms with Gasteiger partial charge in [0.15, 0.2) is 0 Å². The minimum Gasteiger partial charge on any atom is -0.497 e. The van der Waals surface area contributed by atoms with E-state index < -0.39 is 0 Å². The maximum atomic E-state index is 5.85. The summed E-state index contributed by atoms with van der Waals surface area (Å²) in [6.45, 7) is 1.67. The number of rotatable bonds is 7.